The number of aromatic nitrogens is 6. The molecule has 1 saturated heterocycles. The minimum atomic E-state index is 0.510. The number of fused-ring (bicyclic) bond motifs is 1. The van der Waals surface area contributed by atoms with E-state index in [0.717, 1.165) is 58.6 Å². The summed E-state index contributed by atoms with van der Waals surface area (Å²) in [7, 11) is 1.91. The summed E-state index contributed by atoms with van der Waals surface area (Å²) in [6.07, 6.45) is 6.75. The highest BCUT2D eigenvalue weighted by molar-refractivity contribution is 7.10. The Balaban J connectivity index is 1.62. The molecule has 9 nitrogen and oxygen atoms in total. The Bertz CT molecular complexity index is 1160. The van der Waals surface area contributed by atoms with E-state index in [4.69, 9.17) is 10.7 Å². The molecular formula is C19H23N9S. The van der Waals surface area contributed by atoms with Gasteiger partial charge in [-0.25, -0.2) is 4.98 Å². The minimum absolute atomic E-state index is 0.510. The van der Waals surface area contributed by atoms with Crippen LogP contribution < -0.4 is 16.0 Å². The molecule has 0 saturated carbocycles. The maximum absolute atomic E-state index is 5.90. The van der Waals surface area contributed by atoms with Crippen molar-refractivity contribution in [2.75, 3.05) is 29.9 Å². The largest absolute Gasteiger partial charge is 0.356 e. The van der Waals surface area contributed by atoms with E-state index in [9.17, 15) is 0 Å². The maximum atomic E-state index is 5.90. The zero-order valence-electron chi connectivity index (χ0n) is 16.4. The lowest BCUT2D eigenvalue weighted by molar-refractivity contribution is 0.602. The number of anilines is 3. The van der Waals surface area contributed by atoms with Crippen molar-refractivity contribution in [3.8, 4) is 11.1 Å². The molecule has 0 bridgehead atoms. The molecule has 5 heterocycles. The average Bonchev–Trinajstić information content (AvgIpc) is 3.48. The summed E-state index contributed by atoms with van der Waals surface area (Å²) in [5.41, 5.74) is 9.64. The van der Waals surface area contributed by atoms with Gasteiger partial charge in [-0.15, -0.1) is 0 Å². The lowest BCUT2D eigenvalue weighted by Crippen LogP contribution is -2.24. The fourth-order valence-corrected chi connectivity index (χ4v) is 4.42. The van der Waals surface area contributed by atoms with E-state index in [2.05, 4.69) is 30.9 Å². The van der Waals surface area contributed by atoms with Crippen LogP contribution in [0, 0.1) is 12.8 Å². The minimum Gasteiger partial charge on any atom is -0.356 e. The second kappa shape index (κ2) is 7.12. The summed E-state index contributed by atoms with van der Waals surface area (Å²) in [4.78, 5) is 7.28. The van der Waals surface area contributed by atoms with Crippen LogP contribution in [0.5, 0.6) is 0 Å². The average molecular weight is 410 g/mol. The first kappa shape index (κ1) is 18.1. The number of nitrogens with zero attached hydrogens (tertiary/aromatic N) is 7. The smallest absolute Gasteiger partial charge is 0.167 e. The van der Waals surface area contributed by atoms with Gasteiger partial charge in [0, 0.05) is 43.5 Å². The molecule has 0 spiro atoms. The van der Waals surface area contributed by atoms with Crippen molar-refractivity contribution < 1.29 is 0 Å². The van der Waals surface area contributed by atoms with Crippen molar-refractivity contribution in [2.24, 2.45) is 18.7 Å². The van der Waals surface area contributed by atoms with Gasteiger partial charge in [0.2, 0.25) is 0 Å². The predicted molar refractivity (Wildman–Crippen MR) is 115 cm³/mol. The second-order valence-corrected chi connectivity index (χ2v) is 8.29. The Labute approximate surface area is 172 Å². The molecule has 0 aromatic carbocycles. The van der Waals surface area contributed by atoms with E-state index >= 15 is 0 Å². The molecule has 1 atom stereocenters. The topological polar surface area (TPSA) is 102 Å². The summed E-state index contributed by atoms with van der Waals surface area (Å²) in [6, 6.07) is 4.09. The number of rotatable bonds is 5. The molecular weight excluding hydrogens is 386 g/mol. The van der Waals surface area contributed by atoms with E-state index in [1.165, 1.54) is 11.5 Å². The second-order valence-electron chi connectivity index (χ2n) is 7.49. The predicted octanol–water partition coefficient (Wildman–Crippen LogP) is 2.42. The van der Waals surface area contributed by atoms with Gasteiger partial charge in [0.1, 0.15) is 16.6 Å². The van der Waals surface area contributed by atoms with E-state index < -0.39 is 0 Å². The highest BCUT2D eigenvalue weighted by atomic mass is 32.1. The van der Waals surface area contributed by atoms with Crippen molar-refractivity contribution in [3.05, 3.63) is 36.4 Å². The van der Waals surface area contributed by atoms with Crippen molar-refractivity contribution in [1.82, 2.24) is 28.8 Å². The molecule has 29 heavy (non-hydrogen) atoms. The third kappa shape index (κ3) is 3.34. The number of aryl methyl sites for hydroxylation is 2. The fraction of sp³-hybridized carbons (Fsp3) is 0.368. The number of hydrogen-bond donors (Lipinski definition) is 2. The van der Waals surface area contributed by atoms with Gasteiger partial charge in [0.15, 0.2) is 5.65 Å². The van der Waals surface area contributed by atoms with Crippen LogP contribution in [0.15, 0.2) is 30.7 Å². The molecule has 4 aromatic rings. The fourth-order valence-electron chi connectivity index (χ4n) is 3.75. The van der Waals surface area contributed by atoms with E-state index in [1.54, 1.807) is 4.68 Å². The molecule has 0 radical (unpaired) electrons. The summed E-state index contributed by atoms with van der Waals surface area (Å²) < 4.78 is 8.00. The van der Waals surface area contributed by atoms with Crippen LogP contribution >= 0.6 is 11.5 Å². The van der Waals surface area contributed by atoms with Crippen LogP contribution in [0.3, 0.4) is 0 Å². The van der Waals surface area contributed by atoms with Crippen molar-refractivity contribution in [1.29, 1.82) is 0 Å². The molecule has 10 heteroatoms. The van der Waals surface area contributed by atoms with Crippen LogP contribution in [0.2, 0.25) is 0 Å². The highest BCUT2D eigenvalue weighted by Gasteiger charge is 2.24. The standard InChI is InChI=1S/C19H23N9S/c1-12-5-18(29-25-12)23-17-6-16(27-4-3-13(7-20)10-27)24-19-15(9-22-28(17)19)14-8-21-26(2)11-14/h5-6,8-9,11,13,23H,3-4,7,10,20H2,1-2H3/t13-/m0/s1. The van der Waals surface area contributed by atoms with Gasteiger partial charge < -0.3 is 16.0 Å². The Morgan fingerprint density at radius 2 is 2.17 bits per heavy atom. The third-order valence-electron chi connectivity index (χ3n) is 5.30. The maximum Gasteiger partial charge on any atom is 0.167 e. The van der Waals surface area contributed by atoms with Crippen LogP contribution in [-0.4, -0.2) is 48.4 Å². The molecule has 0 aliphatic carbocycles. The Morgan fingerprint density at radius 3 is 2.86 bits per heavy atom. The zero-order valence-corrected chi connectivity index (χ0v) is 17.2. The van der Waals surface area contributed by atoms with Crippen molar-refractivity contribution in [3.63, 3.8) is 0 Å². The summed E-state index contributed by atoms with van der Waals surface area (Å²) in [6.45, 7) is 4.58. The lowest BCUT2D eigenvalue weighted by Gasteiger charge is -2.19. The van der Waals surface area contributed by atoms with Gasteiger partial charge in [0.05, 0.1) is 18.1 Å². The van der Waals surface area contributed by atoms with Gasteiger partial charge in [-0.2, -0.15) is 19.1 Å². The molecule has 1 aliphatic rings. The monoisotopic (exact) mass is 409 g/mol. The molecule has 5 rings (SSSR count). The van der Waals surface area contributed by atoms with Gasteiger partial charge >= 0.3 is 0 Å². The first-order valence-corrected chi connectivity index (χ1v) is 10.4. The molecule has 4 aromatic heterocycles. The van der Waals surface area contributed by atoms with Crippen LogP contribution in [0.25, 0.3) is 16.8 Å². The number of nitrogens with two attached hydrogens (primary N) is 1. The Morgan fingerprint density at radius 1 is 1.28 bits per heavy atom. The molecule has 0 amide bonds. The van der Waals surface area contributed by atoms with Crippen molar-refractivity contribution in [2.45, 2.75) is 13.3 Å². The van der Waals surface area contributed by atoms with E-state index in [-0.39, 0.29) is 0 Å². The molecule has 3 N–H and O–H groups in total. The van der Waals surface area contributed by atoms with Crippen LogP contribution in [0.1, 0.15) is 12.1 Å². The normalized spacial score (nSPS) is 16.8. The first-order chi connectivity index (χ1) is 14.1. The third-order valence-corrected chi connectivity index (χ3v) is 6.09. The van der Waals surface area contributed by atoms with E-state index in [1.807, 2.05) is 43.1 Å². The van der Waals surface area contributed by atoms with Gasteiger partial charge in [-0.05, 0) is 43.4 Å². The SMILES string of the molecule is Cc1cc(Nc2cc(N3CC[C@@H](CN)C3)nc3c(-c4cnn(C)c4)cnn23)sn1. The summed E-state index contributed by atoms with van der Waals surface area (Å²) in [5.74, 6) is 2.30. The lowest BCUT2D eigenvalue weighted by atomic mass is 10.1. The van der Waals surface area contributed by atoms with E-state index in [0.29, 0.717) is 12.5 Å². The molecule has 1 fully saturated rings. The Kier molecular flexibility index (Phi) is 4.44. The molecule has 150 valence electrons. The van der Waals surface area contributed by atoms with Gasteiger partial charge in [-0.1, -0.05) is 0 Å². The summed E-state index contributed by atoms with van der Waals surface area (Å²) >= 11 is 1.44. The van der Waals surface area contributed by atoms with Crippen molar-refractivity contribution >= 4 is 33.8 Å². The van der Waals surface area contributed by atoms with Gasteiger partial charge in [-0.3, -0.25) is 4.68 Å². The quantitative estimate of drug-likeness (QED) is 0.522. The van der Waals surface area contributed by atoms with Gasteiger partial charge in [0.25, 0.3) is 0 Å². The number of nitrogens with one attached hydrogen (secondary N) is 1. The molecule has 0 unspecified atom stereocenters. The van der Waals surface area contributed by atoms with Crippen LogP contribution in [-0.2, 0) is 7.05 Å². The number of hydrogen-bond acceptors (Lipinski definition) is 8. The zero-order chi connectivity index (χ0) is 20.0. The summed E-state index contributed by atoms with van der Waals surface area (Å²) in [5, 5.41) is 13.3. The van der Waals surface area contributed by atoms with Crippen LogP contribution in [0.4, 0.5) is 16.6 Å². The first-order valence-electron chi connectivity index (χ1n) is 9.64. The molecule has 1 aliphatic heterocycles. The Hall–Kier alpha value is -2.98. The highest BCUT2D eigenvalue weighted by Crippen LogP contribution is 2.31.